The van der Waals surface area contributed by atoms with Crippen LogP contribution in [0.5, 0.6) is 0 Å². The zero-order valence-corrected chi connectivity index (χ0v) is 27.3. The second kappa shape index (κ2) is 16.5. The van der Waals surface area contributed by atoms with Gasteiger partial charge < -0.3 is 24.5 Å². The van der Waals surface area contributed by atoms with Crippen molar-refractivity contribution in [2.24, 2.45) is 0 Å². The molecule has 6 rings (SSSR count). The highest BCUT2D eigenvalue weighted by Crippen LogP contribution is 2.39. The van der Waals surface area contributed by atoms with E-state index in [-0.39, 0.29) is 31.1 Å². The van der Waals surface area contributed by atoms with Crippen LogP contribution in [0.4, 0.5) is 0 Å². The third-order valence-corrected chi connectivity index (χ3v) is 8.88. The Hall–Kier alpha value is -4.87. The standard InChI is InChI=1S/C39H42N4O6/c44-25-27-16-18-29(19-17-27)36-22-33(24-43-26-41-34-12-4-5-13-35(34)43)48-39(49-36)32-11-7-10-31(21-32)30-9-6-8-28(20-30)23-40-37(45)14-2-1-3-15-38(46)42-47/h4-13,16-21,26,33,36,39,44,47H,1-3,14-15,22-25H2,(H,40,45)(H,42,46). The number of benzene rings is 4. The van der Waals surface area contributed by atoms with Gasteiger partial charge in [-0.15, -0.1) is 0 Å². The van der Waals surface area contributed by atoms with Gasteiger partial charge in [-0.25, -0.2) is 10.5 Å². The van der Waals surface area contributed by atoms with E-state index in [1.807, 2.05) is 79.1 Å². The van der Waals surface area contributed by atoms with Crippen molar-refractivity contribution < 1.29 is 29.4 Å². The third kappa shape index (κ3) is 8.98. The summed E-state index contributed by atoms with van der Waals surface area (Å²) in [6, 6.07) is 32.3. The van der Waals surface area contributed by atoms with Gasteiger partial charge in [-0.2, -0.15) is 0 Å². The fraction of sp³-hybridized carbons (Fsp3) is 0.308. The molecule has 49 heavy (non-hydrogen) atoms. The highest BCUT2D eigenvalue weighted by atomic mass is 16.7. The lowest BCUT2D eigenvalue weighted by Gasteiger charge is -2.36. The molecule has 0 radical (unpaired) electrons. The summed E-state index contributed by atoms with van der Waals surface area (Å²) in [5.74, 6) is -0.448. The summed E-state index contributed by atoms with van der Waals surface area (Å²) < 4.78 is 15.4. The quantitative estimate of drug-likeness (QED) is 0.0605. The number of aromatic nitrogens is 2. The first-order valence-electron chi connectivity index (χ1n) is 16.8. The summed E-state index contributed by atoms with van der Waals surface area (Å²) in [6.45, 7) is 1.03. The maximum absolute atomic E-state index is 12.4. The maximum Gasteiger partial charge on any atom is 0.243 e. The number of aliphatic hydroxyl groups is 1. The van der Waals surface area contributed by atoms with Gasteiger partial charge in [0, 0.05) is 31.4 Å². The molecule has 10 nitrogen and oxygen atoms in total. The first kappa shape index (κ1) is 34.0. The molecule has 1 fully saturated rings. The van der Waals surface area contributed by atoms with Gasteiger partial charge in [-0.05, 0) is 64.9 Å². The number of carbonyl (C=O) groups excluding carboxylic acids is 2. The number of hydrogen-bond donors (Lipinski definition) is 4. The molecule has 3 atom stereocenters. The predicted molar refractivity (Wildman–Crippen MR) is 185 cm³/mol. The van der Waals surface area contributed by atoms with E-state index in [1.165, 1.54) is 0 Å². The SMILES string of the molecule is O=C(CCCCCC(=O)NCc1cccc(-c2cccc(C3OC(Cn4cnc5ccccc54)CC(c4ccc(CO)cc4)O3)c2)c1)NO. The van der Waals surface area contributed by atoms with Crippen LogP contribution in [0.3, 0.4) is 0 Å². The van der Waals surface area contributed by atoms with E-state index in [2.05, 4.69) is 39.1 Å². The Bertz CT molecular complexity index is 1860. The number of unbranched alkanes of at least 4 members (excludes halogenated alkanes) is 2. The zero-order valence-electron chi connectivity index (χ0n) is 27.3. The van der Waals surface area contributed by atoms with Crippen molar-refractivity contribution in [2.75, 3.05) is 0 Å². The van der Waals surface area contributed by atoms with Crippen molar-refractivity contribution in [3.63, 3.8) is 0 Å². The Kier molecular flexibility index (Phi) is 11.4. The minimum absolute atomic E-state index is 0.0106. The largest absolute Gasteiger partial charge is 0.392 e. The van der Waals surface area contributed by atoms with Crippen LogP contribution in [-0.4, -0.2) is 37.8 Å². The van der Waals surface area contributed by atoms with Gasteiger partial charge >= 0.3 is 0 Å². The first-order valence-corrected chi connectivity index (χ1v) is 16.8. The van der Waals surface area contributed by atoms with Crippen molar-refractivity contribution in [3.05, 3.63) is 126 Å². The fourth-order valence-electron chi connectivity index (χ4n) is 6.23. The minimum atomic E-state index is -0.600. The topological polar surface area (TPSA) is 135 Å². The molecule has 4 aromatic carbocycles. The number of hydrogen-bond acceptors (Lipinski definition) is 7. The molecule has 0 bridgehead atoms. The van der Waals surface area contributed by atoms with Crippen LogP contribution in [0, 0.1) is 0 Å². The number of para-hydroxylation sites is 2. The lowest BCUT2D eigenvalue weighted by atomic mass is 9.98. The molecule has 1 aromatic heterocycles. The summed E-state index contributed by atoms with van der Waals surface area (Å²) in [4.78, 5) is 28.1. The van der Waals surface area contributed by atoms with Crippen LogP contribution in [-0.2, 0) is 38.8 Å². The molecule has 0 saturated carbocycles. The van der Waals surface area contributed by atoms with E-state index in [1.54, 1.807) is 5.48 Å². The number of ether oxygens (including phenoxy) is 2. The smallest absolute Gasteiger partial charge is 0.243 e. The van der Waals surface area contributed by atoms with Gasteiger partial charge in [0.05, 0.1) is 42.7 Å². The van der Waals surface area contributed by atoms with Crippen LogP contribution in [0.2, 0.25) is 0 Å². The van der Waals surface area contributed by atoms with Gasteiger partial charge in [-0.1, -0.05) is 79.2 Å². The minimum Gasteiger partial charge on any atom is -0.392 e. The molecular weight excluding hydrogens is 620 g/mol. The molecule has 1 saturated heterocycles. The highest BCUT2D eigenvalue weighted by Gasteiger charge is 2.33. The molecule has 2 amide bonds. The van der Waals surface area contributed by atoms with E-state index in [0.717, 1.165) is 50.8 Å². The first-order chi connectivity index (χ1) is 24.0. The number of hydroxylamine groups is 1. The summed E-state index contributed by atoms with van der Waals surface area (Å²) in [6.07, 6.45) is 4.24. The van der Waals surface area contributed by atoms with E-state index >= 15 is 0 Å². The number of amides is 2. The fourth-order valence-corrected chi connectivity index (χ4v) is 6.23. The van der Waals surface area contributed by atoms with Crippen molar-refractivity contribution >= 4 is 22.8 Å². The van der Waals surface area contributed by atoms with Crippen molar-refractivity contribution in [1.82, 2.24) is 20.3 Å². The average Bonchev–Trinajstić information content (AvgIpc) is 3.56. The summed E-state index contributed by atoms with van der Waals surface area (Å²) in [7, 11) is 0. The lowest BCUT2D eigenvalue weighted by molar-refractivity contribution is -0.252. The summed E-state index contributed by atoms with van der Waals surface area (Å²) in [5.41, 5.74) is 9.43. The normalized spacial score (nSPS) is 17.6. The van der Waals surface area contributed by atoms with Crippen LogP contribution >= 0.6 is 0 Å². The summed E-state index contributed by atoms with van der Waals surface area (Å²) >= 11 is 0. The van der Waals surface area contributed by atoms with Gasteiger partial charge in [0.2, 0.25) is 11.8 Å². The highest BCUT2D eigenvalue weighted by molar-refractivity contribution is 5.76. The Labute approximate surface area is 285 Å². The molecule has 3 unspecified atom stereocenters. The van der Waals surface area contributed by atoms with Gasteiger partial charge in [0.25, 0.3) is 0 Å². The molecular formula is C39H42N4O6. The van der Waals surface area contributed by atoms with Gasteiger partial charge in [0.15, 0.2) is 6.29 Å². The van der Waals surface area contributed by atoms with E-state index in [4.69, 9.17) is 14.7 Å². The molecule has 10 heteroatoms. The average molecular weight is 663 g/mol. The molecule has 1 aliphatic rings. The molecule has 254 valence electrons. The number of nitrogens with zero attached hydrogens (tertiary/aromatic N) is 2. The van der Waals surface area contributed by atoms with Crippen LogP contribution in [0.1, 0.15) is 73.2 Å². The van der Waals surface area contributed by atoms with Crippen LogP contribution in [0.25, 0.3) is 22.2 Å². The van der Waals surface area contributed by atoms with Crippen molar-refractivity contribution in [2.45, 2.75) is 76.7 Å². The van der Waals surface area contributed by atoms with Crippen molar-refractivity contribution in [1.29, 1.82) is 0 Å². The molecule has 1 aliphatic heterocycles. The Morgan fingerprint density at radius 3 is 2.35 bits per heavy atom. The maximum atomic E-state index is 12.4. The number of carbonyl (C=O) groups is 2. The van der Waals surface area contributed by atoms with E-state index < -0.39 is 12.2 Å². The number of fused-ring (bicyclic) bond motifs is 1. The number of rotatable bonds is 14. The Morgan fingerprint density at radius 2 is 1.55 bits per heavy atom. The lowest BCUT2D eigenvalue weighted by Crippen LogP contribution is -2.32. The number of nitrogens with one attached hydrogen (secondary N) is 2. The van der Waals surface area contributed by atoms with E-state index in [9.17, 15) is 14.7 Å². The Balaban J connectivity index is 1.14. The van der Waals surface area contributed by atoms with Gasteiger partial charge in [-0.3, -0.25) is 14.8 Å². The van der Waals surface area contributed by atoms with Crippen molar-refractivity contribution in [3.8, 4) is 11.1 Å². The molecule has 4 N–H and O–H groups in total. The van der Waals surface area contributed by atoms with Crippen LogP contribution < -0.4 is 10.8 Å². The zero-order chi connectivity index (χ0) is 34.0. The van der Waals surface area contributed by atoms with E-state index in [0.29, 0.717) is 38.8 Å². The molecule has 2 heterocycles. The second-order valence-corrected chi connectivity index (χ2v) is 12.4. The number of imidazole rings is 1. The predicted octanol–water partition coefficient (Wildman–Crippen LogP) is 6.51. The van der Waals surface area contributed by atoms with Gasteiger partial charge in [0.1, 0.15) is 0 Å². The summed E-state index contributed by atoms with van der Waals surface area (Å²) in [5, 5.41) is 21.1. The third-order valence-electron chi connectivity index (χ3n) is 8.88. The molecule has 0 aliphatic carbocycles. The second-order valence-electron chi connectivity index (χ2n) is 12.4. The van der Waals surface area contributed by atoms with Crippen LogP contribution in [0.15, 0.2) is 103 Å². The Morgan fingerprint density at radius 1 is 0.796 bits per heavy atom. The molecule has 0 spiro atoms. The molecule has 5 aromatic rings. The monoisotopic (exact) mass is 662 g/mol. The number of aliphatic hydroxyl groups excluding tert-OH is 1.